The predicted octanol–water partition coefficient (Wildman–Crippen LogP) is 3.38. The number of aliphatic hydroxyl groups excluding tert-OH is 1. The molecule has 0 radical (unpaired) electrons. The number of nitrogen functional groups attached to an aromatic ring is 1. The molecule has 1 saturated heterocycles. The summed E-state index contributed by atoms with van der Waals surface area (Å²) >= 11 is 0. The van der Waals surface area contributed by atoms with Crippen LogP contribution < -0.4 is 5.73 Å². The number of hydrogen-bond acceptors (Lipinski definition) is 10. The number of ether oxygens (including phenoxy) is 2. The van der Waals surface area contributed by atoms with Gasteiger partial charge >= 0.3 is 5.97 Å². The van der Waals surface area contributed by atoms with Gasteiger partial charge in [-0.3, -0.25) is 4.57 Å². The Labute approximate surface area is 193 Å². The lowest BCUT2D eigenvalue weighted by Crippen LogP contribution is -2.30. The molecule has 2 aromatic heterocycles. The van der Waals surface area contributed by atoms with Gasteiger partial charge in [0.2, 0.25) is 0 Å². The van der Waals surface area contributed by atoms with Crippen LogP contribution >= 0.6 is 21.6 Å². The summed E-state index contributed by atoms with van der Waals surface area (Å²) in [5.74, 6) is 0.836. The van der Waals surface area contributed by atoms with Gasteiger partial charge in [-0.05, 0) is 18.6 Å². The Morgan fingerprint density at radius 2 is 2.19 bits per heavy atom. The first-order valence-corrected chi connectivity index (χ1v) is 12.7. The van der Waals surface area contributed by atoms with E-state index in [2.05, 4.69) is 28.8 Å². The topological polar surface area (TPSA) is 125 Å². The van der Waals surface area contributed by atoms with Crippen molar-refractivity contribution in [2.45, 2.75) is 44.0 Å². The molecule has 170 valence electrons. The van der Waals surface area contributed by atoms with Gasteiger partial charge in [0.05, 0.1) is 18.5 Å². The van der Waals surface area contributed by atoms with E-state index in [-0.39, 0.29) is 17.7 Å². The SMILES string of the molecule is CCSSC(C)c1ccccc1C(=O)O[C@@H]1C[C@H](n2cnc3c(N)ncnc32)O[C@@H]1CO. The summed E-state index contributed by atoms with van der Waals surface area (Å²) < 4.78 is 13.5. The third-order valence-corrected chi connectivity index (χ3v) is 8.16. The largest absolute Gasteiger partial charge is 0.456 e. The molecule has 1 aliphatic heterocycles. The summed E-state index contributed by atoms with van der Waals surface area (Å²) in [6.07, 6.45) is 1.50. The molecule has 3 N–H and O–H groups in total. The number of imidazole rings is 1. The molecule has 9 nitrogen and oxygen atoms in total. The molecule has 4 rings (SSSR count). The van der Waals surface area contributed by atoms with Crippen molar-refractivity contribution in [2.75, 3.05) is 18.1 Å². The van der Waals surface area contributed by atoms with Crippen LogP contribution in [0.1, 0.15) is 47.7 Å². The molecule has 0 amide bonds. The fraction of sp³-hybridized carbons (Fsp3) is 0.429. The number of hydrogen-bond donors (Lipinski definition) is 2. The zero-order valence-corrected chi connectivity index (χ0v) is 19.4. The molecule has 4 atom stereocenters. The molecule has 1 aromatic carbocycles. The smallest absolute Gasteiger partial charge is 0.338 e. The Morgan fingerprint density at radius 1 is 1.38 bits per heavy atom. The molecule has 11 heteroatoms. The van der Waals surface area contributed by atoms with Crippen molar-refractivity contribution in [2.24, 2.45) is 0 Å². The number of nitrogens with zero attached hydrogens (tertiary/aromatic N) is 4. The Balaban J connectivity index is 1.52. The number of fused-ring (bicyclic) bond motifs is 1. The number of benzene rings is 1. The Hall–Kier alpha value is -2.34. The van der Waals surface area contributed by atoms with E-state index in [0.717, 1.165) is 11.3 Å². The van der Waals surface area contributed by atoms with Crippen LogP contribution in [0.15, 0.2) is 36.9 Å². The van der Waals surface area contributed by atoms with Gasteiger partial charge in [-0.25, -0.2) is 19.7 Å². The Morgan fingerprint density at radius 3 is 2.97 bits per heavy atom. The van der Waals surface area contributed by atoms with E-state index in [9.17, 15) is 9.90 Å². The molecule has 1 unspecified atom stereocenters. The average molecular weight is 476 g/mol. The van der Waals surface area contributed by atoms with Gasteiger partial charge < -0.3 is 20.3 Å². The van der Waals surface area contributed by atoms with Crippen molar-refractivity contribution < 1.29 is 19.4 Å². The highest BCUT2D eigenvalue weighted by Gasteiger charge is 2.39. The standard InChI is InChI=1S/C21H25N5O4S2/c1-3-31-32-12(2)13-6-4-5-7-14(13)21(28)30-15-8-17(29-16(15)9-27)26-11-25-18-19(22)23-10-24-20(18)26/h4-7,10-12,15-17,27H,3,8-9H2,1-2H3,(H2,22,23,24)/t12?,15-,16-,17-/m1/s1. The molecule has 0 spiro atoms. The zero-order chi connectivity index (χ0) is 22.7. The molecular formula is C21H25N5O4S2. The van der Waals surface area contributed by atoms with Crippen LogP contribution in [-0.4, -0.2) is 55.2 Å². The van der Waals surface area contributed by atoms with Crippen LogP contribution in [0.25, 0.3) is 11.2 Å². The first kappa shape index (κ1) is 22.8. The molecule has 0 aliphatic carbocycles. The maximum Gasteiger partial charge on any atom is 0.338 e. The van der Waals surface area contributed by atoms with E-state index in [1.807, 2.05) is 18.2 Å². The second-order valence-corrected chi connectivity index (χ2v) is 10.3. The fourth-order valence-corrected chi connectivity index (χ4v) is 5.68. The van der Waals surface area contributed by atoms with Crippen LogP contribution in [0.3, 0.4) is 0 Å². The van der Waals surface area contributed by atoms with Gasteiger partial charge in [0.1, 0.15) is 30.3 Å². The normalized spacial score (nSPS) is 21.7. The minimum Gasteiger partial charge on any atom is -0.456 e. The summed E-state index contributed by atoms with van der Waals surface area (Å²) in [7, 11) is 3.47. The average Bonchev–Trinajstić information content (AvgIpc) is 3.42. The Bertz CT molecular complexity index is 1090. The summed E-state index contributed by atoms with van der Waals surface area (Å²) in [5.41, 5.74) is 8.32. The molecule has 1 fully saturated rings. The number of carbonyl (C=O) groups excluding carboxylic acids is 1. The molecule has 1 aliphatic rings. The molecule has 3 heterocycles. The number of rotatable bonds is 8. The number of aromatic nitrogens is 4. The van der Waals surface area contributed by atoms with Crippen molar-refractivity contribution >= 4 is 44.5 Å². The minimum absolute atomic E-state index is 0.132. The van der Waals surface area contributed by atoms with Crippen LogP contribution in [0, 0.1) is 0 Å². The summed E-state index contributed by atoms with van der Waals surface area (Å²) in [5, 5.41) is 9.97. The second-order valence-electron chi connectivity index (χ2n) is 7.31. The van der Waals surface area contributed by atoms with E-state index in [0.29, 0.717) is 23.1 Å². The first-order chi connectivity index (χ1) is 15.5. The Kier molecular flexibility index (Phi) is 7.19. The number of nitrogens with two attached hydrogens (primary N) is 1. The van der Waals surface area contributed by atoms with Gasteiger partial charge in [0.15, 0.2) is 11.5 Å². The van der Waals surface area contributed by atoms with Crippen LogP contribution in [-0.2, 0) is 9.47 Å². The molecule has 3 aromatic rings. The van der Waals surface area contributed by atoms with Crippen LogP contribution in [0.5, 0.6) is 0 Å². The number of esters is 1. The van der Waals surface area contributed by atoms with Crippen LogP contribution in [0.2, 0.25) is 0 Å². The monoisotopic (exact) mass is 475 g/mol. The maximum absolute atomic E-state index is 13.1. The summed E-state index contributed by atoms with van der Waals surface area (Å²) in [6.45, 7) is 3.89. The van der Waals surface area contributed by atoms with E-state index in [4.69, 9.17) is 15.2 Å². The molecule has 0 saturated carbocycles. The lowest BCUT2D eigenvalue weighted by atomic mass is 10.0. The highest BCUT2D eigenvalue weighted by atomic mass is 33.1. The molecule has 0 bridgehead atoms. The van der Waals surface area contributed by atoms with Crippen molar-refractivity contribution in [3.8, 4) is 0 Å². The van der Waals surface area contributed by atoms with Crippen molar-refractivity contribution in [1.82, 2.24) is 19.5 Å². The molecular weight excluding hydrogens is 450 g/mol. The van der Waals surface area contributed by atoms with Gasteiger partial charge in [0, 0.05) is 17.4 Å². The number of aliphatic hydroxyl groups is 1. The lowest BCUT2D eigenvalue weighted by Gasteiger charge is -2.19. The lowest BCUT2D eigenvalue weighted by molar-refractivity contribution is -0.0500. The van der Waals surface area contributed by atoms with Crippen molar-refractivity contribution in [3.63, 3.8) is 0 Å². The zero-order valence-electron chi connectivity index (χ0n) is 17.7. The maximum atomic E-state index is 13.1. The van der Waals surface area contributed by atoms with Gasteiger partial charge in [-0.15, -0.1) is 0 Å². The summed E-state index contributed by atoms with van der Waals surface area (Å²) in [4.78, 5) is 25.5. The quantitative estimate of drug-likeness (QED) is 0.370. The number of anilines is 1. The first-order valence-electron chi connectivity index (χ1n) is 10.3. The van der Waals surface area contributed by atoms with E-state index in [1.54, 1.807) is 38.5 Å². The van der Waals surface area contributed by atoms with Crippen molar-refractivity contribution in [1.29, 1.82) is 0 Å². The molecule has 32 heavy (non-hydrogen) atoms. The van der Waals surface area contributed by atoms with E-state index >= 15 is 0 Å². The summed E-state index contributed by atoms with van der Waals surface area (Å²) in [6, 6.07) is 7.46. The second kappa shape index (κ2) is 10.1. The van der Waals surface area contributed by atoms with Gasteiger partial charge in [-0.2, -0.15) is 0 Å². The van der Waals surface area contributed by atoms with Gasteiger partial charge in [0.25, 0.3) is 0 Å². The van der Waals surface area contributed by atoms with E-state index < -0.39 is 24.4 Å². The third-order valence-electron chi connectivity index (χ3n) is 5.27. The fourth-order valence-electron chi connectivity index (χ4n) is 3.70. The predicted molar refractivity (Wildman–Crippen MR) is 125 cm³/mol. The highest BCUT2D eigenvalue weighted by Crippen LogP contribution is 2.39. The number of carbonyl (C=O) groups is 1. The van der Waals surface area contributed by atoms with Crippen molar-refractivity contribution in [3.05, 3.63) is 48.0 Å². The van der Waals surface area contributed by atoms with Gasteiger partial charge in [-0.1, -0.05) is 46.7 Å². The third kappa shape index (κ3) is 4.56. The highest BCUT2D eigenvalue weighted by molar-refractivity contribution is 8.76. The van der Waals surface area contributed by atoms with E-state index in [1.165, 1.54) is 6.33 Å². The minimum atomic E-state index is -0.657. The van der Waals surface area contributed by atoms with Crippen LogP contribution in [0.4, 0.5) is 5.82 Å².